The number of thiophene rings is 1. The van der Waals surface area contributed by atoms with Crippen LogP contribution in [-0.4, -0.2) is 18.9 Å². The van der Waals surface area contributed by atoms with E-state index in [-0.39, 0.29) is 9.75 Å². The first kappa shape index (κ1) is 14.8. The predicted molar refractivity (Wildman–Crippen MR) is 82.7 cm³/mol. The van der Waals surface area contributed by atoms with Crippen molar-refractivity contribution >= 4 is 32.9 Å². The molecule has 2 heterocycles. The first-order chi connectivity index (χ1) is 9.26. The van der Waals surface area contributed by atoms with Crippen LogP contribution in [0.1, 0.15) is 20.8 Å². The Bertz CT molecular complexity index is 657. The molecule has 7 heteroatoms. The minimum atomic E-state index is -3.51. The molecule has 0 aliphatic rings. The summed E-state index contributed by atoms with van der Waals surface area (Å²) in [5.41, 5.74) is 0.350. The lowest BCUT2D eigenvalue weighted by molar-refractivity contribution is 0.603. The second-order valence-electron chi connectivity index (χ2n) is 5.34. The van der Waals surface area contributed by atoms with Crippen molar-refractivity contribution in [2.75, 3.05) is 10.0 Å². The summed E-state index contributed by atoms with van der Waals surface area (Å²) in [6.07, 6.45) is 1.50. The average Bonchev–Trinajstić information content (AvgIpc) is 2.84. The average molecular weight is 311 g/mol. The second-order valence-corrected chi connectivity index (χ2v) is 8.20. The van der Waals surface area contributed by atoms with E-state index in [0.29, 0.717) is 11.5 Å². The maximum atomic E-state index is 12.0. The normalized spacial score (nSPS) is 12.2. The summed E-state index contributed by atoms with van der Waals surface area (Å²) < 4.78 is 26.9. The van der Waals surface area contributed by atoms with Crippen LogP contribution in [0.3, 0.4) is 0 Å². The Kier molecular flexibility index (Phi) is 4.01. The van der Waals surface area contributed by atoms with Crippen LogP contribution in [0.2, 0.25) is 0 Å². The smallest absolute Gasteiger partial charge is 0.271 e. The fourth-order valence-corrected chi connectivity index (χ4v) is 3.57. The van der Waals surface area contributed by atoms with E-state index in [4.69, 9.17) is 0 Å². The summed E-state index contributed by atoms with van der Waals surface area (Å²) in [6.45, 7) is 6.09. The Balaban J connectivity index is 2.12. The van der Waals surface area contributed by atoms with E-state index in [9.17, 15) is 8.42 Å². The standard InChI is InChI=1S/C13H17N3O2S2/c1-13(2,3)15-11-7-6-10(9-14-11)16-20(17,18)12-5-4-8-19-12/h4-9,16H,1-3H3,(H,14,15). The highest BCUT2D eigenvalue weighted by Crippen LogP contribution is 2.21. The van der Waals surface area contributed by atoms with E-state index in [1.165, 1.54) is 17.5 Å². The molecule has 0 saturated carbocycles. The molecule has 2 rings (SSSR count). The lowest BCUT2D eigenvalue weighted by Gasteiger charge is -2.21. The summed E-state index contributed by atoms with van der Waals surface area (Å²) in [5, 5.41) is 4.94. The van der Waals surface area contributed by atoms with Crippen LogP contribution in [0.5, 0.6) is 0 Å². The number of aromatic nitrogens is 1. The van der Waals surface area contributed by atoms with E-state index in [1.54, 1.807) is 29.6 Å². The van der Waals surface area contributed by atoms with Gasteiger partial charge in [-0.2, -0.15) is 0 Å². The van der Waals surface area contributed by atoms with Crippen LogP contribution in [0.25, 0.3) is 0 Å². The molecule has 0 amide bonds. The van der Waals surface area contributed by atoms with Crippen molar-refractivity contribution in [2.24, 2.45) is 0 Å². The van der Waals surface area contributed by atoms with Gasteiger partial charge in [0, 0.05) is 5.54 Å². The van der Waals surface area contributed by atoms with Gasteiger partial charge in [0.25, 0.3) is 10.0 Å². The van der Waals surface area contributed by atoms with E-state index >= 15 is 0 Å². The van der Waals surface area contributed by atoms with Crippen molar-refractivity contribution in [3.63, 3.8) is 0 Å². The van der Waals surface area contributed by atoms with E-state index in [1.807, 2.05) is 20.8 Å². The number of anilines is 2. The third-order valence-electron chi connectivity index (χ3n) is 2.28. The Labute approximate surface area is 123 Å². The zero-order chi connectivity index (χ0) is 14.8. The lowest BCUT2D eigenvalue weighted by atomic mass is 10.1. The molecule has 0 fully saturated rings. The minimum Gasteiger partial charge on any atom is -0.365 e. The monoisotopic (exact) mass is 311 g/mol. The lowest BCUT2D eigenvalue weighted by Crippen LogP contribution is -2.26. The number of hydrogen-bond acceptors (Lipinski definition) is 5. The quantitative estimate of drug-likeness (QED) is 0.910. The maximum absolute atomic E-state index is 12.0. The molecule has 20 heavy (non-hydrogen) atoms. The number of nitrogens with one attached hydrogen (secondary N) is 2. The third kappa shape index (κ3) is 3.94. The molecule has 0 aliphatic heterocycles. The first-order valence-electron chi connectivity index (χ1n) is 6.07. The Hall–Kier alpha value is -1.60. The number of sulfonamides is 1. The fourth-order valence-electron chi connectivity index (χ4n) is 1.53. The molecule has 0 aromatic carbocycles. The Morgan fingerprint density at radius 3 is 2.45 bits per heavy atom. The largest absolute Gasteiger partial charge is 0.365 e. The molecule has 0 saturated heterocycles. The molecule has 2 N–H and O–H groups in total. The predicted octanol–water partition coefficient (Wildman–Crippen LogP) is 3.15. The molecule has 0 radical (unpaired) electrons. The van der Waals surface area contributed by atoms with E-state index in [2.05, 4.69) is 15.0 Å². The highest BCUT2D eigenvalue weighted by molar-refractivity contribution is 7.94. The molecule has 0 aliphatic carbocycles. The second kappa shape index (κ2) is 5.41. The van der Waals surface area contributed by atoms with Crippen molar-refractivity contribution in [1.82, 2.24) is 4.98 Å². The van der Waals surface area contributed by atoms with Gasteiger partial charge >= 0.3 is 0 Å². The summed E-state index contributed by atoms with van der Waals surface area (Å²) in [5.74, 6) is 0.705. The summed E-state index contributed by atoms with van der Waals surface area (Å²) >= 11 is 1.18. The molecule has 0 spiro atoms. The molecule has 2 aromatic heterocycles. The third-order valence-corrected chi connectivity index (χ3v) is 5.06. The number of pyridine rings is 1. The van der Waals surface area contributed by atoms with Gasteiger partial charge in [0.05, 0.1) is 11.9 Å². The first-order valence-corrected chi connectivity index (χ1v) is 8.43. The van der Waals surface area contributed by atoms with Crippen molar-refractivity contribution in [3.8, 4) is 0 Å². The highest BCUT2D eigenvalue weighted by Gasteiger charge is 2.15. The summed E-state index contributed by atoms with van der Waals surface area (Å²) in [4.78, 5) is 4.19. The van der Waals surface area contributed by atoms with Crippen molar-refractivity contribution < 1.29 is 8.42 Å². The van der Waals surface area contributed by atoms with Crippen LogP contribution < -0.4 is 10.0 Å². The van der Waals surface area contributed by atoms with Gasteiger partial charge in [0.15, 0.2) is 0 Å². The van der Waals surface area contributed by atoms with E-state index in [0.717, 1.165) is 0 Å². The zero-order valence-electron chi connectivity index (χ0n) is 11.5. The Morgan fingerprint density at radius 2 is 1.95 bits per heavy atom. The van der Waals surface area contributed by atoms with Gasteiger partial charge in [0.1, 0.15) is 10.0 Å². The van der Waals surface area contributed by atoms with Gasteiger partial charge in [-0.3, -0.25) is 4.72 Å². The van der Waals surface area contributed by atoms with Gasteiger partial charge in [0.2, 0.25) is 0 Å². The number of hydrogen-bond donors (Lipinski definition) is 2. The summed E-state index contributed by atoms with van der Waals surface area (Å²) in [6, 6.07) is 6.70. The molecule has 5 nitrogen and oxygen atoms in total. The van der Waals surface area contributed by atoms with Gasteiger partial charge in [-0.1, -0.05) is 6.07 Å². The van der Waals surface area contributed by atoms with Crippen LogP contribution in [0.4, 0.5) is 11.5 Å². The maximum Gasteiger partial charge on any atom is 0.271 e. The van der Waals surface area contributed by atoms with Crippen LogP contribution in [-0.2, 0) is 10.0 Å². The highest BCUT2D eigenvalue weighted by atomic mass is 32.2. The number of nitrogens with zero attached hydrogens (tertiary/aromatic N) is 1. The molecule has 2 aromatic rings. The molecular formula is C13H17N3O2S2. The fraction of sp³-hybridized carbons (Fsp3) is 0.308. The minimum absolute atomic E-state index is 0.0923. The topological polar surface area (TPSA) is 71.1 Å². The molecule has 0 atom stereocenters. The van der Waals surface area contributed by atoms with Crippen LogP contribution in [0.15, 0.2) is 40.1 Å². The van der Waals surface area contributed by atoms with Gasteiger partial charge in [-0.15, -0.1) is 11.3 Å². The SMILES string of the molecule is CC(C)(C)Nc1ccc(NS(=O)(=O)c2cccs2)cn1. The Morgan fingerprint density at radius 1 is 1.20 bits per heavy atom. The molecule has 0 bridgehead atoms. The van der Waals surface area contributed by atoms with Crippen LogP contribution in [0, 0.1) is 0 Å². The van der Waals surface area contributed by atoms with Crippen molar-refractivity contribution in [3.05, 3.63) is 35.8 Å². The molecular weight excluding hydrogens is 294 g/mol. The van der Waals surface area contributed by atoms with Crippen molar-refractivity contribution in [2.45, 2.75) is 30.5 Å². The number of rotatable bonds is 4. The molecule has 0 unspecified atom stereocenters. The zero-order valence-corrected chi connectivity index (χ0v) is 13.2. The van der Waals surface area contributed by atoms with Crippen LogP contribution >= 0.6 is 11.3 Å². The van der Waals surface area contributed by atoms with E-state index < -0.39 is 10.0 Å². The molecule has 108 valence electrons. The van der Waals surface area contributed by atoms with Gasteiger partial charge in [-0.05, 0) is 44.4 Å². The van der Waals surface area contributed by atoms with Gasteiger partial charge < -0.3 is 5.32 Å². The van der Waals surface area contributed by atoms with Crippen molar-refractivity contribution in [1.29, 1.82) is 0 Å². The van der Waals surface area contributed by atoms with Gasteiger partial charge in [-0.25, -0.2) is 13.4 Å². The summed E-state index contributed by atoms with van der Waals surface area (Å²) in [7, 11) is -3.51.